The number of allylic oxidation sites excluding steroid dienone is 1. The van der Waals surface area contributed by atoms with E-state index in [1.165, 1.54) is 27.4 Å². The molecule has 10 heteroatoms. The van der Waals surface area contributed by atoms with Gasteiger partial charge in [-0.25, -0.2) is 8.42 Å². The minimum absolute atomic E-state index is 0.0220. The van der Waals surface area contributed by atoms with Crippen molar-refractivity contribution in [1.29, 1.82) is 0 Å². The van der Waals surface area contributed by atoms with Crippen molar-refractivity contribution in [3.8, 4) is 23.0 Å². The highest BCUT2D eigenvalue weighted by Gasteiger charge is 2.39. The van der Waals surface area contributed by atoms with Crippen molar-refractivity contribution in [3.63, 3.8) is 0 Å². The van der Waals surface area contributed by atoms with Crippen LogP contribution in [-0.2, 0) is 14.8 Å². The molecule has 0 aromatic heterocycles. The summed E-state index contributed by atoms with van der Waals surface area (Å²) in [5.74, 6) is 1.15. The summed E-state index contributed by atoms with van der Waals surface area (Å²) in [6, 6.07) is 10.3. The van der Waals surface area contributed by atoms with E-state index in [0.29, 0.717) is 39.8 Å². The molecular formula is C24H28N2O7S. The maximum Gasteiger partial charge on any atom is 0.270 e. The molecule has 2 aromatic carbocycles. The molecule has 1 aliphatic rings. The quantitative estimate of drug-likeness (QED) is 0.405. The molecule has 3 rings (SSSR count). The van der Waals surface area contributed by atoms with E-state index >= 15 is 0 Å². The first-order chi connectivity index (χ1) is 16.3. The predicted octanol–water partition coefficient (Wildman–Crippen LogP) is 2.97. The van der Waals surface area contributed by atoms with Crippen molar-refractivity contribution < 1.29 is 32.2 Å². The molecule has 9 nitrogen and oxygen atoms in total. The summed E-state index contributed by atoms with van der Waals surface area (Å²) >= 11 is 0. The van der Waals surface area contributed by atoms with Crippen LogP contribution in [0.1, 0.15) is 12.5 Å². The topological polar surface area (TPSA) is 103 Å². The Balaban J connectivity index is 1.89. The fourth-order valence-electron chi connectivity index (χ4n) is 3.68. The van der Waals surface area contributed by atoms with E-state index in [1.807, 2.05) is 6.07 Å². The summed E-state index contributed by atoms with van der Waals surface area (Å²) in [7, 11) is 0.324. The van der Waals surface area contributed by atoms with Crippen molar-refractivity contribution in [3.05, 3.63) is 59.5 Å². The number of carbonyl (C=O) groups is 1. The van der Waals surface area contributed by atoms with Gasteiger partial charge in [0, 0.05) is 11.6 Å². The molecule has 0 bridgehead atoms. The molecule has 182 valence electrons. The van der Waals surface area contributed by atoms with Crippen LogP contribution in [0.15, 0.2) is 54.0 Å². The van der Waals surface area contributed by atoms with E-state index < -0.39 is 15.9 Å². The van der Waals surface area contributed by atoms with Crippen LogP contribution in [-0.4, -0.2) is 55.4 Å². The largest absolute Gasteiger partial charge is 0.493 e. The Morgan fingerprint density at radius 3 is 2.26 bits per heavy atom. The maximum atomic E-state index is 13.4. The van der Waals surface area contributed by atoms with Crippen LogP contribution in [0.2, 0.25) is 0 Å². The Morgan fingerprint density at radius 2 is 1.65 bits per heavy atom. The normalized spacial score (nSPS) is 14.2. The molecule has 0 saturated carbocycles. The van der Waals surface area contributed by atoms with Gasteiger partial charge in [-0.1, -0.05) is 18.2 Å². The highest BCUT2D eigenvalue weighted by atomic mass is 32.2. The van der Waals surface area contributed by atoms with Crippen molar-refractivity contribution in [2.24, 2.45) is 0 Å². The molecule has 0 atom stereocenters. The van der Waals surface area contributed by atoms with E-state index in [2.05, 4.69) is 11.9 Å². The smallest absolute Gasteiger partial charge is 0.270 e. The van der Waals surface area contributed by atoms with Crippen LogP contribution < -0.4 is 28.6 Å². The molecule has 0 fully saturated rings. The Labute approximate surface area is 199 Å². The van der Waals surface area contributed by atoms with Crippen LogP contribution in [0.4, 0.5) is 5.69 Å². The van der Waals surface area contributed by atoms with E-state index in [9.17, 15) is 13.2 Å². The first kappa shape index (κ1) is 25.0. The molecule has 1 N–H and O–H groups in total. The fraction of sp³-hybridized carbons (Fsp3) is 0.292. The number of sulfonamides is 1. The minimum atomic E-state index is -4.16. The third-order valence-corrected chi connectivity index (χ3v) is 7.21. The fourth-order valence-corrected chi connectivity index (χ4v) is 5.41. The summed E-state index contributed by atoms with van der Waals surface area (Å²) in [6.45, 7) is 5.43. The molecule has 34 heavy (non-hydrogen) atoms. The van der Waals surface area contributed by atoms with Crippen LogP contribution in [0.25, 0.3) is 5.57 Å². The second kappa shape index (κ2) is 10.5. The van der Waals surface area contributed by atoms with E-state index in [0.717, 1.165) is 4.31 Å². The van der Waals surface area contributed by atoms with Crippen LogP contribution in [0.5, 0.6) is 23.0 Å². The Hall–Kier alpha value is -3.66. The Bertz CT molecular complexity index is 1220. The monoisotopic (exact) mass is 488 g/mol. The van der Waals surface area contributed by atoms with Gasteiger partial charge in [0.2, 0.25) is 0 Å². The van der Waals surface area contributed by atoms with Gasteiger partial charge < -0.3 is 24.3 Å². The van der Waals surface area contributed by atoms with Gasteiger partial charge in [-0.2, -0.15) is 0 Å². The van der Waals surface area contributed by atoms with Gasteiger partial charge in [0.25, 0.3) is 15.9 Å². The molecule has 0 radical (unpaired) electrons. The first-order valence-corrected chi connectivity index (χ1v) is 11.9. The standard InChI is InChI=1S/C24H28N2O7S/c1-6-12-26-18-15-22(32-5)21(31-4)14-17(18)16(2)23(34(26,28)29)24(27)25-11-13-33-20-10-8-7-9-19(20)30-3/h6-10,14-15H,1,11-13H2,2-5H3,(H,25,27). The van der Waals surface area contributed by atoms with Crippen molar-refractivity contribution in [1.82, 2.24) is 5.32 Å². The van der Waals surface area contributed by atoms with Gasteiger partial charge in [-0.3, -0.25) is 9.10 Å². The molecule has 2 aromatic rings. The summed E-state index contributed by atoms with van der Waals surface area (Å²) < 4.78 is 49.6. The lowest BCUT2D eigenvalue weighted by molar-refractivity contribution is -0.116. The van der Waals surface area contributed by atoms with E-state index in [4.69, 9.17) is 18.9 Å². The zero-order valence-electron chi connectivity index (χ0n) is 19.6. The van der Waals surface area contributed by atoms with E-state index in [-0.39, 0.29) is 24.6 Å². The van der Waals surface area contributed by atoms with E-state index in [1.54, 1.807) is 37.3 Å². The molecular weight excluding hydrogens is 460 g/mol. The number of methoxy groups -OCH3 is 3. The molecule has 0 saturated heterocycles. The summed E-state index contributed by atoms with van der Waals surface area (Å²) in [5, 5.41) is 2.64. The third-order valence-electron chi connectivity index (χ3n) is 5.28. The lowest BCUT2D eigenvalue weighted by atomic mass is 10.0. The molecule has 0 spiro atoms. The predicted molar refractivity (Wildman–Crippen MR) is 130 cm³/mol. The first-order valence-electron chi connectivity index (χ1n) is 10.4. The number of rotatable bonds is 10. The Kier molecular flexibility index (Phi) is 7.72. The molecule has 0 aliphatic carbocycles. The molecule has 1 aliphatic heterocycles. The van der Waals surface area contributed by atoms with Crippen LogP contribution in [0.3, 0.4) is 0 Å². The maximum absolute atomic E-state index is 13.4. The van der Waals surface area contributed by atoms with Gasteiger partial charge in [-0.15, -0.1) is 6.58 Å². The summed E-state index contributed by atoms with van der Waals surface area (Å²) in [5.41, 5.74) is 1.23. The van der Waals surface area contributed by atoms with Crippen molar-refractivity contribution >= 4 is 27.2 Å². The average molecular weight is 489 g/mol. The van der Waals surface area contributed by atoms with Gasteiger partial charge >= 0.3 is 0 Å². The number of anilines is 1. The highest BCUT2D eigenvalue weighted by Crippen LogP contribution is 2.44. The third kappa shape index (κ3) is 4.67. The van der Waals surface area contributed by atoms with Gasteiger partial charge in [-0.05, 0) is 30.7 Å². The minimum Gasteiger partial charge on any atom is -0.493 e. The number of carbonyl (C=O) groups excluding carboxylic acids is 1. The SMILES string of the molecule is C=CCN1c2cc(OC)c(OC)cc2C(C)=C(C(=O)NCCOc2ccccc2OC)S1(=O)=O. The molecule has 1 heterocycles. The number of hydrogen-bond acceptors (Lipinski definition) is 7. The number of hydrogen-bond donors (Lipinski definition) is 1. The lowest BCUT2D eigenvalue weighted by Crippen LogP contribution is -2.42. The van der Waals surface area contributed by atoms with Crippen molar-refractivity contribution in [2.45, 2.75) is 6.92 Å². The lowest BCUT2D eigenvalue weighted by Gasteiger charge is -2.32. The highest BCUT2D eigenvalue weighted by molar-refractivity contribution is 7.97. The zero-order valence-corrected chi connectivity index (χ0v) is 20.4. The number of benzene rings is 2. The molecule has 1 amide bonds. The second-order valence-electron chi connectivity index (χ2n) is 7.26. The van der Waals surface area contributed by atoms with Gasteiger partial charge in [0.1, 0.15) is 6.61 Å². The second-order valence-corrected chi connectivity index (χ2v) is 9.06. The van der Waals surface area contributed by atoms with Crippen LogP contribution >= 0.6 is 0 Å². The molecule has 0 unspecified atom stereocenters. The number of nitrogens with zero attached hydrogens (tertiary/aromatic N) is 1. The number of amides is 1. The Morgan fingerprint density at radius 1 is 1.03 bits per heavy atom. The van der Waals surface area contributed by atoms with Crippen molar-refractivity contribution in [2.75, 3.05) is 45.3 Å². The zero-order chi connectivity index (χ0) is 24.9. The van der Waals surface area contributed by atoms with Gasteiger partial charge in [0.05, 0.1) is 40.1 Å². The summed E-state index contributed by atoms with van der Waals surface area (Å²) in [4.78, 5) is 12.7. The van der Waals surface area contributed by atoms with Gasteiger partial charge in [0.15, 0.2) is 27.9 Å². The number of nitrogens with one attached hydrogen (secondary N) is 1. The number of fused-ring (bicyclic) bond motifs is 1. The summed E-state index contributed by atoms with van der Waals surface area (Å²) in [6.07, 6.45) is 1.45. The number of para-hydroxylation sites is 2. The van der Waals surface area contributed by atoms with Crippen LogP contribution in [0, 0.1) is 0 Å². The average Bonchev–Trinajstić information content (AvgIpc) is 2.83. The number of ether oxygens (including phenoxy) is 4.